The Hall–Kier alpha value is -2.04. The van der Waals surface area contributed by atoms with Crippen LogP contribution in [0.25, 0.3) is 0 Å². The summed E-state index contributed by atoms with van der Waals surface area (Å²) >= 11 is 0. The molecule has 1 aliphatic rings. The first kappa shape index (κ1) is 15.4. The van der Waals surface area contributed by atoms with Crippen molar-refractivity contribution in [1.29, 1.82) is 0 Å². The van der Waals surface area contributed by atoms with Crippen molar-refractivity contribution in [1.82, 2.24) is 10.6 Å². The van der Waals surface area contributed by atoms with Crippen molar-refractivity contribution in [2.75, 3.05) is 0 Å². The van der Waals surface area contributed by atoms with E-state index >= 15 is 0 Å². The van der Waals surface area contributed by atoms with Gasteiger partial charge in [0, 0.05) is 6.04 Å². The molecule has 0 spiro atoms. The third-order valence-corrected chi connectivity index (χ3v) is 2.96. The summed E-state index contributed by atoms with van der Waals surface area (Å²) in [5.74, 6) is -0.459. The monoisotopic (exact) mass is 290 g/mol. The predicted octanol–water partition coefficient (Wildman–Crippen LogP) is 2.53. The maximum absolute atomic E-state index is 12.3. The zero-order valence-electron chi connectivity index (χ0n) is 12.7. The molecule has 0 radical (unpaired) electrons. The van der Waals surface area contributed by atoms with Crippen molar-refractivity contribution in [2.45, 2.75) is 51.3 Å². The van der Waals surface area contributed by atoms with Crippen LogP contribution in [0.4, 0.5) is 4.79 Å². The van der Waals surface area contributed by atoms with E-state index in [-0.39, 0.29) is 12.1 Å². The second-order valence-corrected chi connectivity index (χ2v) is 6.27. The molecule has 1 saturated carbocycles. The van der Waals surface area contributed by atoms with Crippen LogP contribution < -0.4 is 10.6 Å². The minimum Gasteiger partial charge on any atom is -0.458 e. The Bertz CT molecular complexity index is 504. The molecule has 5 nitrogen and oxygen atoms in total. The predicted molar refractivity (Wildman–Crippen MR) is 79.7 cm³/mol. The summed E-state index contributed by atoms with van der Waals surface area (Å²) < 4.78 is 5.39. The fourth-order valence-corrected chi connectivity index (χ4v) is 1.87. The molecule has 0 aromatic heterocycles. The fourth-order valence-electron chi connectivity index (χ4n) is 1.87. The SMILES string of the molecule is CC(C)(C)OC(=O)[C@H](NC(=O)NC1CC1)c1ccccc1. The van der Waals surface area contributed by atoms with Crippen LogP contribution in [-0.4, -0.2) is 23.6 Å². The first-order valence-electron chi connectivity index (χ1n) is 7.20. The molecule has 1 aromatic rings. The second-order valence-electron chi connectivity index (χ2n) is 6.27. The normalized spacial score (nSPS) is 16.0. The topological polar surface area (TPSA) is 67.4 Å². The first-order chi connectivity index (χ1) is 9.85. The molecule has 2 N–H and O–H groups in total. The Morgan fingerprint density at radius 1 is 1.19 bits per heavy atom. The van der Waals surface area contributed by atoms with Gasteiger partial charge >= 0.3 is 12.0 Å². The highest BCUT2D eigenvalue weighted by atomic mass is 16.6. The number of amides is 2. The summed E-state index contributed by atoms with van der Waals surface area (Å²) in [4.78, 5) is 24.2. The third-order valence-electron chi connectivity index (χ3n) is 2.96. The number of nitrogens with one attached hydrogen (secondary N) is 2. The number of carbonyl (C=O) groups is 2. The molecule has 0 unspecified atom stereocenters. The molecule has 1 atom stereocenters. The lowest BCUT2D eigenvalue weighted by Gasteiger charge is -2.25. The van der Waals surface area contributed by atoms with Gasteiger partial charge < -0.3 is 15.4 Å². The molecule has 2 rings (SSSR count). The summed E-state index contributed by atoms with van der Waals surface area (Å²) in [7, 11) is 0. The summed E-state index contributed by atoms with van der Waals surface area (Å²) in [6, 6.07) is 8.21. The van der Waals surface area contributed by atoms with Gasteiger partial charge in [-0.05, 0) is 39.2 Å². The molecule has 0 aliphatic heterocycles. The third kappa shape index (κ3) is 5.10. The van der Waals surface area contributed by atoms with Gasteiger partial charge in [0.15, 0.2) is 6.04 Å². The Morgan fingerprint density at radius 2 is 1.81 bits per heavy atom. The Morgan fingerprint density at radius 3 is 2.33 bits per heavy atom. The van der Waals surface area contributed by atoms with Crippen molar-refractivity contribution < 1.29 is 14.3 Å². The van der Waals surface area contributed by atoms with E-state index in [0.29, 0.717) is 5.56 Å². The van der Waals surface area contributed by atoms with Gasteiger partial charge in [0.1, 0.15) is 5.60 Å². The summed E-state index contributed by atoms with van der Waals surface area (Å²) in [5, 5.41) is 5.52. The molecule has 1 fully saturated rings. The number of hydrogen-bond donors (Lipinski definition) is 2. The fraction of sp³-hybridized carbons (Fsp3) is 0.500. The molecule has 5 heteroatoms. The van der Waals surface area contributed by atoms with Crippen LogP contribution in [0.15, 0.2) is 30.3 Å². The summed E-state index contributed by atoms with van der Waals surface area (Å²) in [6.45, 7) is 5.41. The quantitative estimate of drug-likeness (QED) is 0.837. The highest BCUT2D eigenvalue weighted by Crippen LogP contribution is 2.20. The number of carbonyl (C=O) groups excluding carboxylic acids is 2. The van der Waals surface area contributed by atoms with E-state index in [2.05, 4.69) is 10.6 Å². The first-order valence-corrected chi connectivity index (χ1v) is 7.20. The molecule has 1 aromatic carbocycles. The van der Waals surface area contributed by atoms with Crippen LogP contribution in [0.3, 0.4) is 0 Å². The van der Waals surface area contributed by atoms with Crippen LogP contribution in [0, 0.1) is 0 Å². The van der Waals surface area contributed by atoms with Gasteiger partial charge in [-0.25, -0.2) is 9.59 Å². The number of ether oxygens (including phenoxy) is 1. The number of rotatable bonds is 4. The summed E-state index contributed by atoms with van der Waals surface area (Å²) in [5.41, 5.74) is 0.108. The highest BCUT2D eigenvalue weighted by molar-refractivity contribution is 5.85. The molecule has 0 bridgehead atoms. The zero-order valence-corrected chi connectivity index (χ0v) is 12.7. The molecule has 0 saturated heterocycles. The number of hydrogen-bond acceptors (Lipinski definition) is 3. The lowest BCUT2D eigenvalue weighted by atomic mass is 10.1. The molecule has 21 heavy (non-hydrogen) atoms. The van der Waals surface area contributed by atoms with Gasteiger partial charge in [-0.1, -0.05) is 30.3 Å². The summed E-state index contributed by atoms with van der Waals surface area (Å²) in [6.07, 6.45) is 1.99. The van der Waals surface area contributed by atoms with Crippen molar-refractivity contribution in [2.24, 2.45) is 0 Å². The van der Waals surface area contributed by atoms with Gasteiger partial charge in [0.25, 0.3) is 0 Å². The Labute approximate surface area is 125 Å². The van der Waals surface area contributed by atoms with E-state index in [0.717, 1.165) is 12.8 Å². The Balaban J connectivity index is 2.09. The minimum absolute atomic E-state index is 0.236. The van der Waals surface area contributed by atoms with Crippen molar-refractivity contribution in [3.05, 3.63) is 35.9 Å². The van der Waals surface area contributed by atoms with E-state index in [9.17, 15) is 9.59 Å². The number of esters is 1. The lowest BCUT2D eigenvalue weighted by Crippen LogP contribution is -2.43. The Kier molecular flexibility index (Phi) is 4.50. The molecule has 2 amide bonds. The standard InChI is InChI=1S/C16H22N2O3/c1-16(2,3)21-14(19)13(11-7-5-4-6-8-11)18-15(20)17-12-9-10-12/h4-8,12-13H,9-10H2,1-3H3,(H2,17,18,20)/t13-/m1/s1. The molecule has 1 aliphatic carbocycles. The number of benzene rings is 1. The van der Waals surface area contributed by atoms with Crippen molar-refractivity contribution in [3.8, 4) is 0 Å². The average molecular weight is 290 g/mol. The smallest absolute Gasteiger partial charge is 0.333 e. The van der Waals surface area contributed by atoms with Gasteiger partial charge in [0.05, 0.1) is 0 Å². The zero-order chi connectivity index (χ0) is 15.5. The second kappa shape index (κ2) is 6.16. The molecule has 114 valence electrons. The van der Waals surface area contributed by atoms with Crippen LogP contribution >= 0.6 is 0 Å². The van der Waals surface area contributed by atoms with Crippen LogP contribution in [0.2, 0.25) is 0 Å². The minimum atomic E-state index is -0.802. The van der Waals surface area contributed by atoms with Gasteiger partial charge in [-0.2, -0.15) is 0 Å². The van der Waals surface area contributed by atoms with Gasteiger partial charge in [-0.3, -0.25) is 0 Å². The lowest BCUT2D eigenvalue weighted by molar-refractivity contribution is -0.157. The van der Waals surface area contributed by atoms with Crippen LogP contribution in [0.5, 0.6) is 0 Å². The maximum atomic E-state index is 12.3. The van der Waals surface area contributed by atoms with E-state index in [1.54, 1.807) is 32.9 Å². The number of urea groups is 1. The molecular formula is C16H22N2O3. The largest absolute Gasteiger partial charge is 0.458 e. The average Bonchev–Trinajstić information content (AvgIpc) is 3.18. The van der Waals surface area contributed by atoms with E-state index in [1.807, 2.05) is 18.2 Å². The van der Waals surface area contributed by atoms with E-state index in [1.165, 1.54) is 0 Å². The van der Waals surface area contributed by atoms with Gasteiger partial charge in [0.2, 0.25) is 0 Å². The van der Waals surface area contributed by atoms with Crippen LogP contribution in [-0.2, 0) is 9.53 Å². The molecule has 0 heterocycles. The van der Waals surface area contributed by atoms with E-state index < -0.39 is 17.6 Å². The molecular weight excluding hydrogens is 268 g/mol. The van der Waals surface area contributed by atoms with E-state index in [4.69, 9.17) is 4.74 Å². The van der Waals surface area contributed by atoms with Crippen molar-refractivity contribution in [3.63, 3.8) is 0 Å². The van der Waals surface area contributed by atoms with Crippen LogP contribution in [0.1, 0.15) is 45.2 Å². The van der Waals surface area contributed by atoms with Gasteiger partial charge in [-0.15, -0.1) is 0 Å². The maximum Gasteiger partial charge on any atom is 0.333 e. The highest BCUT2D eigenvalue weighted by Gasteiger charge is 2.30. The van der Waals surface area contributed by atoms with Crippen molar-refractivity contribution >= 4 is 12.0 Å².